The second-order valence-electron chi connectivity index (χ2n) is 5.55. The van der Waals surface area contributed by atoms with Crippen molar-refractivity contribution in [3.8, 4) is 0 Å². The van der Waals surface area contributed by atoms with E-state index in [4.69, 9.17) is 9.47 Å². The Bertz CT molecular complexity index is 259. The molecule has 0 aliphatic carbocycles. The van der Waals surface area contributed by atoms with Crippen molar-refractivity contribution in [1.29, 1.82) is 0 Å². The van der Waals surface area contributed by atoms with Crippen LogP contribution in [0.3, 0.4) is 0 Å². The Morgan fingerprint density at radius 2 is 1.63 bits per heavy atom. The SMILES string of the molecule is CC(C)CCOCCCC(=O)COCC(=O)C(C)C. The largest absolute Gasteiger partial charge is 0.381 e. The van der Waals surface area contributed by atoms with Crippen LogP contribution in [-0.2, 0) is 19.1 Å². The second-order valence-corrected chi connectivity index (χ2v) is 5.55. The molecule has 0 aromatic carbocycles. The monoisotopic (exact) mass is 272 g/mol. The molecule has 0 amide bonds. The van der Waals surface area contributed by atoms with Gasteiger partial charge in [-0.2, -0.15) is 0 Å². The number of carbonyl (C=O) groups excluding carboxylic acids is 2. The van der Waals surface area contributed by atoms with Gasteiger partial charge in [0.05, 0.1) is 0 Å². The lowest BCUT2D eigenvalue weighted by atomic mass is 10.1. The zero-order valence-corrected chi connectivity index (χ0v) is 12.7. The highest BCUT2D eigenvalue weighted by molar-refractivity contribution is 5.82. The van der Waals surface area contributed by atoms with Crippen LogP contribution in [-0.4, -0.2) is 38.0 Å². The minimum Gasteiger partial charge on any atom is -0.381 e. The van der Waals surface area contributed by atoms with Gasteiger partial charge >= 0.3 is 0 Å². The van der Waals surface area contributed by atoms with E-state index in [1.54, 1.807) is 0 Å². The predicted molar refractivity (Wildman–Crippen MR) is 75.2 cm³/mol. The fraction of sp³-hybridized carbons (Fsp3) is 0.867. The fourth-order valence-corrected chi connectivity index (χ4v) is 1.30. The van der Waals surface area contributed by atoms with E-state index < -0.39 is 0 Å². The number of hydrogen-bond acceptors (Lipinski definition) is 4. The van der Waals surface area contributed by atoms with Crippen molar-refractivity contribution in [2.75, 3.05) is 26.4 Å². The van der Waals surface area contributed by atoms with Crippen molar-refractivity contribution in [3.63, 3.8) is 0 Å². The summed E-state index contributed by atoms with van der Waals surface area (Å²) in [5.74, 6) is 0.673. The molecule has 0 bridgehead atoms. The smallest absolute Gasteiger partial charge is 0.160 e. The first-order valence-corrected chi connectivity index (χ1v) is 7.13. The van der Waals surface area contributed by atoms with Crippen LogP contribution in [0.25, 0.3) is 0 Å². The van der Waals surface area contributed by atoms with Gasteiger partial charge < -0.3 is 9.47 Å². The predicted octanol–water partition coefficient (Wildman–Crippen LogP) is 2.64. The summed E-state index contributed by atoms with van der Waals surface area (Å²) in [6.07, 6.45) is 2.23. The molecule has 0 fully saturated rings. The minimum absolute atomic E-state index is 0.0315. The first kappa shape index (κ1) is 18.3. The molecule has 0 saturated heterocycles. The average molecular weight is 272 g/mol. The quantitative estimate of drug-likeness (QED) is 0.512. The van der Waals surface area contributed by atoms with Crippen LogP contribution in [0.5, 0.6) is 0 Å². The number of Topliss-reactive ketones (excluding diaryl/α,β-unsaturated/α-hetero) is 2. The van der Waals surface area contributed by atoms with Crippen LogP contribution < -0.4 is 0 Å². The molecule has 112 valence electrons. The topological polar surface area (TPSA) is 52.6 Å². The van der Waals surface area contributed by atoms with Crippen molar-refractivity contribution in [3.05, 3.63) is 0 Å². The van der Waals surface area contributed by atoms with Crippen molar-refractivity contribution in [2.24, 2.45) is 11.8 Å². The Morgan fingerprint density at radius 3 is 2.21 bits per heavy atom. The van der Waals surface area contributed by atoms with Crippen LogP contribution >= 0.6 is 0 Å². The summed E-state index contributed by atoms with van der Waals surface area (Å²) in [5.41, 5.74) is 0. The summed E-state index contributed by atoms with van der Waals surface area (Å²) >= 11 is 0. The molecule has 4 heteroatoms. The molecule has 0 saturated carbocycles. The molecule has 4 nitrogen and oxygen atoms in total. The highest BCUT2D eigenvalue weighted by Gasteiger charge is 2.08. The van der Waals surface area contributed by atoms with Crippen LogP contribution in [0.1, 0.15) is 47.0 Å². The van der Waals surface area contributed by atoms with Gasteiger partial charge in [-0.25, -0.2) is 0 Å². The van der Waals surface area contributed by atoms with E-state index in [1.807, 2.05) is 13.8 Å². The number of ketones is 2. The maximum absolute atomic E-state index is 11.4. The van der Waals surface area contributed by atoms with Crippen LogP contribution in [0.15, 0.2) is 0 Å². The summed E-state index contributed by atoms with van der Waals surface area (Å²) < 4.78 is 10.5. The van der Waals surface area contributed by atoms with Gasteiger partial charge in [-0.3, -0.25) is 9.59 Å². The van der Waals surface area contributed by atoms with E-state index in [9.17, 15) is 9.59 Å². The Kier molecular flexibility index (Phi) is 10.7. The molecule has 0 aliphatic rings. The van der Waals surface area contributed by atoms with Crippen LogP contribution in [0.2, 0.25) is 0 Å². The summed E-state index contributed by atoms with van der Waals surface area (Å²) in [5, 5.41) is 0. The molecule has 0 spiro atoms. The molecule has 0 aromatic heterocycles. The van der Waals surface area contributed by atoms with Crippen molar-refractivity contribution >= 4 is 11.6 Å². The molecule has 0 heterocycles. The Labute approximate surface area is 116 Å². The molecule has 0 aromatic rings. The van der Waals surface area contributed by atoms with Gasteiger partial charge in [0, 0.05) is 25.6 Å². The molecule has 19 heavy (non-hydrogen) atoms. The zero-order valence-electron chi connectivity index (χ0n) is 12.7. The third-order valence-electron chi connectivity index (χ3n) is 2.74. The number of carbonyl (C=O) groups is 2. The van der Waals surface area contributed by atoms with E-state index in [0.717, 1.165) is 19.4 Å². The molecular weight excluding hydrogens is 244 g/mol. The molecule has 0 atom stereocenters. The van der Waals surface area contributed by atoms with Gasteiger partial charge in [0.1, 0.15) is 13.2 Å². The van der Waals surface area contributed by atoms with E-state index in [2.05, 4.69) is 13.8 Å². The molecular formula is C15H28O4. The number of ether oxygens (including phenoxy) is 2. The normalized spacial score (nSPS) is 11.3. The lowest BCUT2D eigenvalue weighted by molar-refractivity contribution is -0.130. The maximum Gasteiger partial charge on any atom is 0.160 e. The Balaban J connectivity index is 3.38. The lowest BCUT2D eigenvalue weighted by Crippen LogP contribution is -2.18. The summed E-state index contributed by atoms with van der Waals surface area (Å²) in [6.45, 7) is 9.39. The lowest BCUT2D eigenvalue weighted by Gasteiger charge is -2.07. The number of hydrogen-bond donors (Lipinski definition) is 0. The summed E-state index contributed by atoms with van der Waals surface area (Å²) in [4.78, 5) is 22.7. The minimum atomic E-state index is -0.0375. The van der Waals surface area contributed by atoms with Gasteiger partial charge in [-0.05, 0) is 18.8 Å². The first-order chi connectivity index (χ1) is 8.93. The Hall–Kier alpha value is -0.740. The molecule has 0 rings (SSSR count). The van der Waals surface area contributed by atoms with Crippen LogP contribution in [0, 0.1) is 11.8 Å². The third-order valence-corrected chi connectivity index (χ3v) is 2.74. The Morgan fingerprint density at radius 1 is 0.947 bits per heavy atom. The summed E-state index contributed by atoms with van der Waals surface area (Å²) in [6, 6.07) is 0. The van der Waals surface area contributed by atoms with Gasteiger partial charge in [0.25, 0.3) is 0 Å². The highest BCUT2D eigenvalue weighted by atomic mass is 16.5. The van der Waals surface area contributed by atoms with E-state index in [-0.39, 0.29) is 30.7 Å². The summed E-state index contributed by atoms with van der Waals surface area (Å²) in [7, 11) is 0. The van der Waals surface area contributed by atoms with E-state index in [1.165, 1.54) is 0 Å². The van der Waals surface area contributed by atoms with Crippen molar-refractivity contribution in [2.45, 2.75) is 47.0 Å². The molecule has 0 unspecified atom stereocenters. The molecule has 0 radical (unpaired) electrons. The van der Waals surface area contributed by atoms with Gasteiger partial charge in [-0.1, -0.05) is 27.7 Å². The standard InChI is InChI=1S/C15H28O4/c1-12(2)7-9-18-8-5-6-14(16)10-19-11-15(17)13(3)4/h12-13H,5-11H2,1-4H3. The van der Waals surface area contributed by atoms with Gasteiger partial charge in [0.15, 0.2) is 11.6 Å². The van der Waals surface area contributed by atoms with Gasteiger partial charge in [-0.15, -0.1) is 0 Å². The average Bonchev–Trinajstić information content (AvgIpc) is 2.32. The maximum atomic E-state index is 11.4. The van der Waals surface area contributed by atoms with Crippen molar-refractivity contribution < 1.29 is 19.1 Å². The molecule has 0 N–H and O–H groups in total. The third kappa shape index (κ3) is 12.1. The fourth-order valence-electron chi connectivity index (χ4n) is 1.30. The number of rotatable bonds is 12. The van der Waals surface area contributed by atoms with Crippen molar-refractivity contribution in [1.82, 2.24) is 0 Å². The second kappa shape index (κ2) is 11.1. The van der Waals surface area contributed by atoms with E-state index in [0.29, 0.717) is 18.9 Å². The van der Waals surface area contributed by atoms with Gasteiger partial charge in [0.2, 0.25) is 0 Å². The molecule has 0 aliphatic heterocycles. The highest BCUT2D eigenvalue weighted by Crippen LogP contribution is 2.00. The first-order valence-electron chi connectivity index (χ1n) is 7.13. The van der Waals surface area contributed by atoms with E-state index >= 15 is 0 Å². The van der Waals surface area contributed by atoms with Crippen LogP contribution in [0.4, 0.5) is 0 Å². The zero-order chi connectivity index (χ0) is 14.7.